The fourth-order valence-electron chi connectivity index (χ4n) is 6.81. The molecule has 0 spiro atoms. The normalized spacial score (nSPS) is 12.9. The summed E-state index contributed by atoms with van der Waals surface area (Å²) in [6.07, 6.45) is 8.55. The van der Waals surface area contributed by atoms with Crippen LogP contribution in [0.1, 0.15) is 29.7 Å². The van der Waals surface area contributed by atoms with E-state index >= 15 is 0 Å². The Hall–Kier alpha value is -5.60. The largest absolute Gasteiger partial charge is 0.228 e. The van der Waals surface area contributed by atoms with Crippen LogP contribution in [0, 0.1) is 13.8 Å². The molecular weight excluding hydrogens is 556 g/mol. The van der Waals surface area contributed by atoms with Gasteiger partial charge in [0.15, 0.2) is 5.82 Å². The standard InChI is InChI=1S/C44H34N2/c1-29-21-22-37(30(2)23-29)34-24-35(41-27-33-17-9-10-18-38(33)39-19-11-12-20-40(39)41)26-36(25-34)43-28-42(31-13-5-3-6-14-31)45-44(46-43)32-15-7-4-8-16-32/h3-5,7-13,15-28H,6,14H2,1-2H3. The molecule has 0 bridgehead atoms. The first-order valence-corrected chi connectivity index (χ1v) is 16.1. The highest BCUT2D eigenvalue weighted by atomic mass is 14.9. The smallest absolute Gasteiger partial charge is 0.160 e. The molecule has 2 nitrogen and oxygen atoms in total. The van der Waals surface area contributed by atoms with Gasteiger partial charge in [-0.3, -0.25) is 0 Å². The minimum absolute atomic E-state index is 0.748. The number of aryl methyl sites for hydroxylation is 2. The molecule has 1 aliphatic carbocycles. The van der Waals surface area contributed by atoms with Crippen LogP contribution < -0.4 is 0 Å². The lowest BCUT2D eigenvalue weighted by molar-refractivity contribution is 1.03. The molecule has 0 amide bonds. The summed E-state index contributed by atoms with van der Waals surface area (Å²) in [6.45, 7) is 4.36. The van der Waals surface area contributed by atoms with E-state index in [-0.39, 0.29) is 0 Å². The van der Waals surface area contributed by atoms with Crippen LogP contribution in [0.3, 0.4) is 0 Å². The van der Waals surface area contributed by atoms with E-state index in [0.717, 1.165) is 41.2 Å². The third kappa shape index (κ3) is 5.22. The molecule has 1 aliphatic rings. The molecule has 0 unspecified atom stereocenters. The molecule has 6 aromatic carbocycles. The maximum Gasteiger partial charge on any atom is 0.160 e. The number of fused-ring (bicyclic) bond motifs is 3. The van der Waals surface area contributed by atoms with E-state index in [9.17, 15) is 0 Å². The van der Waals surface area contributed by atoms with Gasteiger partial charge < -0.3 is 0 Å². The molecule has 0 N–H and O–H groups in total. The average Bonchev–Trinajstić information content (AvgIpc) is 3.11. The number of allylic oxidation sites excluding steroid dienone is 4. The Balaban J connectivity index is 1.41. The zero-order valence-corrected chi connectivity index (χ0v) is 26.2. The zero-order chi connectivity index (χ0) is 31.0. The van der Waals surface area contributed by atoms with E-state index < -0.39 is 0 Å². The minimum Gasteiger partial charge on any atom is -0.228 e. The molecule has 0 saturated heterocycles. The maximum absolute atomic E-state index is 5.23. The molecule has 2 heteroatoms. The van der Waals surface area contributed by atoms with Crippen molar-refractivity contribution in [2.24, 2.45) is 0 Å². The Kier molecular flexibility index (Phi) is 7.11. The third-order valence-corrected chi connectivity index (χ3v) is 9.10. The van der Waals surface area contributed by atoms with Gasteiger partial charge in [-0.2, -0.15) is 0 Å². The van der Waals surface area contributed by atoms with Gasteiger partial charge in [0.05, 0.1) is 11.4 Å². The van der Waals surface area contributed by atoms with E-state index in [1.807, 2.05) is 6.07 Å². The third-order valence-electron chi connectivity index (χ3n) is 9.10. The molecule has 1 heterocycles. The van der Waals surface area contributed by atoms with Crippen molar-refractivity contribution in [1.29, 1.82) is 0 Å². The van der Waals surface area contributed by atoms with Crippen molar-refractivity contribution in [1.82, 2.24) is 9.97 Å². The van der Waals surface area contributed by atoms with Crippen molar-refractivity contribution in [3.8, 4) is 44.9 Å². The highest BCUT2D eigenvalue weighted by Crippen LogP contribution is 2.40. The van der Waals surface area contributed by atoms with E-state index in [4.69, 9.17) is 9.97 Å². The second-order valence-corrected chi connectivity index (χ2v) is 12.3. The summed E-state index contributed by atoms with van der Waals surface area (Å²) in [6, 6.07) is 46.0. The van der Waals surface area contributed by atoms with E-state index in [0.29, 0.717) is 0 Å². The molecule has 8 rings (SSSR count). The second-order valence-electron chi connectivity index (χ2n) is 12.3. The molecule has 1 aromatic heterocycles. The Morgan fingerprint density at radius 2 is 1.22 bits per heavy atom. The number of hydrogen-bond donors (Lipinski definition) is 0. The van der Waals surface area contributed by atoms with Gasteiger partial charge in [-0.1, -0.05) is 121 Å². The molecule has 0 aliphatic heterocycles. The average molecular weight is 591 g/mol. The fourth-order valence-corrected chi connectivity index (χ4v) is 6.81. The van der Waals surface area contributed by atoms with Gasteiger partial charge in [0.25, 0.3) is 0 Å². The molecular formula is C44H34N2. The van der Waals surface area contributed by atoms with Crippen LogP contribution in [0.15, 0.2) is 146 Å². The lowest BCUT2D eigenvalue weighted by Gasteiger charge is -2.17. The van der Waals surface area contributed by atoms with Gasteiger partial charge in [0, 0.05) is 11.1 Å². The minimum atomic E-state index is 0.748. The first-order chi connectivity index (χ1) is 22.6. The van der Waals surface area contributed by atoms with E-state index in [1.165, 1.54) is 60.5 Å². The number of benzene rings is 6. The number of hydrogen-bond acceptors (Lipinski definition) is 2. The SMILES string of the molecule is Cc1ccc(-c2cc(-c3cc(C4=CC=CCC4)nc(-c4ccccc4)n3)cc(-c3cc4ccccc4c4ccccc34)c2)c(C)c1. The van der Waals surface area contributed by atoms with E-state index in [1.54, 1.807) is 0 Å². The lowest BCUT2D eigenvalue weighted by atomic mass is 9.89. The van der Waals surface area contributed by atoms with Crippen LogP contribution in [0.5, 0.6) is 0 Å². The first-order valence-electron chi connectivity index (χ1n) is 16.1. The summed E-state index contributed by atoms with van der Waals surface area (Å²) in [7, 11) is 0. The number of nitrogens with zero attached hydrogens (tertiary/aromatic N) is 2. The summed E-state index contributed by atoms with van der Waals surface area (Å²) in [4.78, 5) is 10.3. The van der Waals surface area contributed by atoms with Crippen LogP contribution >= 0.6 is 0 Å². The molecule has 0 atom stereocenters. The van der Waals surface area contributed by atoms with Crippen molar-refractivity contribution < 1.29 is 0 Å². The highest BCUT2D eigenvalue weighted by Gasteiger charge is 2.17. The number of rotatable bonds is 5. The van der Waals surface area contributed by atoms with Gasteiger partial charge in [0.1, 0.15) is 0 Å². The predicted molar refractivity (Wildman–Crippen MR) is 195 cm³/mol. The zero-order valence-electron chi connectivity index (χ0n) is 26.2. The molecule has 46 heavy (non-hydrogen) atoms. The van der Waals surface area contributed by atoms with Gasteiger partial charge >= 0.3 is 0 Å². The van der Waals surface area contributed by atoms with Crippen molar-refractivity contribution >= 4 is 27.1 Å². The van der Waals surface area contributed by atoms with Crippen LogP contribution in [0.25, 0.3) is 72.0 Å². The Labute approximate surface area is 270 Å². The molecule has 7 aromatic rings. The monoisotopic (exact) mass is 590 g/mol. The van der Waals surface area contributed by atoms with E-state index in [2.05, 4.69) is 153 Å². The van der Waals surface area contributed by atoms with Crippen LogP contribution in [0.2, 0.25) is 0 Å². The maximum atomic E-state index is 5.23. The topological polar surface area (TPSA) is 25.8 Å². The second kappa shape index (κ2) is 11.7. The lowest BCUT2D eigenvalue weighted by Crippen LogP contribution is -2.00. The Morgan fingerprint density at radius 3 is 2.00 bits per heavy atom. The molecule has 0 fully saturated rings. The Morgan fingerprint density at radius 1 is 0.522 bits per heavy atom. The summed E-state index contributed by atoms with van der Waals surface area (Å²) < 4.78 is 0. The first kappa shape index (κ1) is 27.9. The number of aromatic nitrogens is 2. The van der Waals surface area contributed by atoms with Gasteiger partial charge in [-0.15, -0.1) is 0 Å². The van der Waals surface area contributed by atoms with Gasteiger partial charge in [0.2, 0.25) is 0 Å². The van der Waals surface area contributed by atoms with Gasteiger partial charge in [-0.25, -0.2) is 9.97 Å². The van der Waals surface area contributed by atoms with Crippen molar-refractivity contribution in [2.45, 2.75) is 26.7 Å². The van der Waals surface area contributed by atoms with Crippen molar-refractivity contribution in [2.75, 3.05) is 0 Å². The summed E-state index contributed by atoms with van der Waals surface area (Å²) >= 11 is 0. The fraction of sp³-hybridized carbons (Fsp3) is 0.0909. The quantitative estimate of drug-likeness (QED) is 0.186. The Bertz CT molecular complexity index is 2330. The summed E-state index contributed by atoms with van der Waals surface area (Å²) in [5, 5.41) is 5.03. The van der Waals surface area contributed by atoms with Crippen LogP contribution in [-0.4, -0.2) is 9.97 Å². The molecule has 0 saturated carbocycles. The molecule has 220 valence electrons. The summed E-state index contributed by atoms with van der Waals surface area (Å²) in [5.41, 5.74) is 12.6. The predicted octanol–water partition coefficient (Wildman–Crippen LogP) is 11.8. The van der Waals surface area contributed by atoms with Crippen LogP contribution in [0.4, 0.5) is 0 Å². The van der Waals surface area contributed by atoms with Crippen molar-refractivity contribution in [3.63, 3.8) is 0 Å². The highest BCUT2D eigenvalue weighted by molar-refractivity contribution is 6.14. The van der Waals surface area contributed by atoms with Crippen molar-refractivity contribution in [3.05, 3.63) is 162 Å². The van der Waals surface area contributed by atoms with Crippen LogP contribution in [-0.2, 0) is 0 Å². The summed E-state index contributed by atoms with van der Waals surface area (Å²) in [5.74, 6) is 0.748. The van der Waals surface area contributed by atoms with Gasteiger partial charge in [-0.05, 0) is 112 Å². The molecule has 0 radical (unpaired) electrons.